The third-order valence-corrected chi connectivity index (χ3v) is 3.68. The van der Waals surface area contributed by atoms with Gasteiger partial charge in [-0.3, -0.25) is 0 Å². The molecule has 2 atom stereocenters. The highest BCUT2D eigenvalue weighted by Gasteiger charge is 2.29. The molecule has 0 saturated heterocycles. The van der Waals surface area contributed by atoms with E-state index in [4.69, 9.17) is 10.00 Å². The summed E-state index contributed by atoms with van der Waals surface area (Å²) in [6.45, 7) is 3.80. The standard InChI is InChI=1S/C19H17NO3/c1-13(19(22)23-2)17(15-6-4-3-5-7-15)18(21)16-10-8-14(12-20)9-11-16/h3-11,17-18,21H,1H2,2H3. The van der Waals surface area contributed by atoms with Crippen molar-refractivity contribution in [3.8, 4) is 6.07 Å². The summed E-state index contributed by atoms with van der Waals surface area (Å²) in [4.78, 5) is 11.9. The normalized spacial score (nSPS) is 12.7. The van der Waals surface area contributed by atoms with Crippen LogP contribution < -0.4 is 0 Å². The third-order valence-electron chi connectivity index (χ3n) is 3.68. The molecule has 0 bridgehead atoms. The number of carbonyl (C=O) groups is 1. The molecule has 0 aliphatic heterocycles. The van der Waals surface area contributed by atoms with Crippen molar-refractivity contribution in [1.82, 2.24) is 0 Å². The number of carbonyl (C=O) groups excluding carboxylic acids is 1. The lowest BCUT2D eigenvalue weighted by Crippen LogP contribution is -2.19. The van der Waals surface area contributed by atoms with Gasteiger partial charge in [-0.05, 0) is 23.3 Å². The number of benzene rings is 2. The Hall–Kier alpha value is -2.90. The topological polar surface area (TPSA) is 70.3 Å². The highest BCUT2D eigenvalue weighted by Crippen LogP contribution is 2.36. The lowest BCUT2D eigenvalue weighted by atomic mass is 9.83. The molecule has 0 amide bonds. The van der Waals surface area contributed by atoms with Gasteiger partial charge < -0.3 is 9.84 Å². The van der Waals surface area contributed by atoms with Gasteiger partial charge in [-0.2, -0.15) is 5.26 Å². The smallest absolute Gasteiger partial charge is 0.333 e. The molecule has 0 aliphatic rings. The number of rotatable bonds is 5. The van der Waals surface area contributed by atoms with E-state index in [0.717, 1.165) is 5.56 Å². The van der Waals surface area contributed by atoms with Crippen molar-refractivity contribution in [3.05, 3.63) is 83.4 Å². The fraction of sp³-hybridized carbons (Fsp3) is 0.158. The molecule has 0 fully saturated rings. The summed E-state index contributed by atoms with van der Waals surface area (Å²) in [6, 6.07) is 17.8. The summed E-state index contributed by atoms with van der Waals surface area (Å²) < 4.78 is 4.74. The Bertz CT molecular complexity index is 729. The Morgan fingerprint density at radius 2 is 1.74 bits per heavy atom. The second kappa shape index (κ2) is 7.39. The van der Waals surface area contributed by atoms with E-state index in [9.17, 15) is 9.90 Å². The van der Waals surface area contributed by atoms with E-state index in [1.54, 1.807) is 24.3 Å². The van der Waals surface area contributed by atoms with Crippen LogP contribution in [0.25, 0.3) is 0 Å². The maximum atomic E-state index is 11.9. The molecule has 2 aromatic rings. The summed E-state index contributed by atoms with van der Waals surface area (Å²) in [5.41, 5.74) is 2.04. The van der Waals surface area contributed by atoms with Gasteiger partial charge in [-0.25, -0.2) is 4.79 Å². The maximum Gasteiger partial charge on any atom is 0.333 e. The largest absolute Gasteiger partial charge is 0.466 e. The predicted octanol–water partition coefficient (Wildman–Crippen LogP) is 3.10. The Labute approximate surface area is 135 Å². The maximum absolute atomic E-state index is 11.9. The number of methoxy groups -OCH3 is 1. The van der Waals surface area contributed by atoms with Crippen molar-refractivity contribution in [2.45, 2.75) is 12.0 Å². The minimum absolute atomic E-state index is 0.176. The zero-order valence-electron chi connectivity index (χ0n) is 12.8. The fourth-order valence-corrected chi connectivity index (χ4v) is 2.44. The molecule has 0 spiro atoms. The van der Waals surface area contributed by atoms with Crippen LogP contribution in [0, 0.1) is 11.3 Å². The molecular weight excluding hydrogens is 290 g/mol. The number of hydrogen-bond donors (Lipinski definition) is 1. The van der Waals surface area contributed by atoms with Gasteiger partial charge in [-0.1, -0.05) is 49.0 Å². The summed E-state index contributed by atoms with van der Waals surface area (Å²) in [6.07, 6.45) is -0.975. The fourth-order valence-electron chi connectivity index (χ4n) is 2.44. The van der Waals surface area contributed by atoms with Gasteiger partial charge in [0.2, 0.25) is 0 Å². The number of aliphatic hydroxyl groups excluding tert-OH is 1. The Morgan fingerprint density at radius 3 is 2.26 bits per heavy atom. The van der Waals surface area contributed by atoms with Crippen molar-refractivity contribution in [2.24, 2.45) is 0 Å². The number of nitriles is 1. The monoisotopic (exact) mass is 307 g/mol. The van der Waals surface area contributed by atoms with Crippen LogP contribution in [0.4, 0.5) is 0 Å². The van der Waals surface area contributed by atoms with E-state index in [-0.39, 0.29) is 5.57 Å². The van der Waals surface area contributed by atoms with Crippen LogP contribution in [0.5, 0.6) is 0 Å². The van der Waals surface area contributed by atoms with Crippen molar-refractivity contribution in [1.29, 1.82) is 5.26 Å². The zero-order valence-corrected chi connectivity index (χ0v) is 12.8. The third kappa shape index (κ3) is 3.65. The van der Waals surface area contributed by atoms with Crippen LogP contribution in [0.1, 0.15) is 28.7 Å². The second-order valence-corrected chi connectivity index (χ2v) is 5.08. The molecule has 4 nitrogen and oxygen atoms in total. The van der Waals surface area contributed by atoms with Gasteiger partial charge in [-0.15, -0.1) is 0 Å². The van der Waals surface area contributed by atoms with Crippen molar-refractivity contribution in [3.63, 3.8) is 0 Å². The quantitative estimate of drug-likeness (QED) is 0.680. The zero-order chi connectivity index (χ0) is 16.8. The highest BCUT2D eigenvalue weighted by atomic mass is 16.5. The number of aliphatic hydroxyl groups is 1. The van der Waals surface area contributed by atoms with Crippen LogP contribution in [0.2, 0.25) is 0 Å². The molecule has 0 saturated carbocycles. The molecule has 0 aliphatic carbocycles. The lowest BCUT2D eigenvalue weighted by molar-refractivity contribution is -0.136. The first-order valence-electron chi connectivity index (χ1n) is 7.08. The summed E-state index contributed by atoms with van der Waals surface area (Å²) in [5, 5.41) is 19.6. The Morgan fingerprint density at radius 1 is 1.13 bits per heavy atom. The van der Waals surface area contributed by atoms with Crippen molar-refractivity contribution < 1.29 is 14.6 Å². The molecule has 0 heterocycles. The van der Waals surface area contributed by atoms with Gasteiger partial charge in [0.25, 0.3) is 0 Å². The van der Waals surface area contributed by atoms with Crippen LogP contribution in [-0.4, -0.2) is 18.2 Å². The first kappa shape index (κ1) is 16.5. The van der Waals surface area contributed by atoms with E-state index in [2.05, 4.69) is 6.58 Å². The average Bonchev–Trinajstić information content (AvgIpc) is 2.62. The molecule has 2 aromatic carbocycles. The van der Waals surface area contributed by atoms with Crippen LogP contribution in [0.15, 0.2) is 66.7 Å². The number of ether oxygens (including phenoxy) is 1. The number of nitrogens with zero attached hydrogens (tertiary/aromatic N) is 1. The second-order valence-electron chi connectivity index (χ2n) is 5.08. The molecule has 0 radical (unpaired) electrons. The van der Waals surface area contributed by atoms with Crippen LogP contribution in [0.3, 0.4) is 0 Å². The van der Waals surface area contributed by atoms with Gasteiger partial charge in [0, 0.05) is 11.5 Å². The first-order valence-corrected chi connectivity index (χ1v) is 7.08. The number of esters is 1. The highest BCUT2D eigenvalue weighted by molar-refractivity contribution is 5.89. The van der Waals surface area contributed by atoms with Gasteiger partial charge >= 0.3 is 5.97 Å². The van der Waals surface area contributed by atoms with E-state index < -0.39 is 18.0 Å². The van der Waals surface area contributed by atoms with Crippen LogP contribution >= 0.6 is 0 Å². The SMILES string of the molecule is C=C(C(=O)OC)C(c1ccccc1)C(O)c1ccc(C#N)cc1. The summed E-state index contributed by atoms with van der Waals surface area (Å²) in [5.74, 6) is -1.19. The van der Waals surface area contributed by atoms with Crippen molar-refractivity contribution >= 4 is 5.97 Å². The van der Waals surface area contributed by atoms with Crippen LogP contribution in [-0.2, 0) is 9.53 Å². The molecule has 2 unspecified atom stereocenters. The van der Waals surface area contributed by atoms with Gasteiger partial charge in [0.05, 0.1) is 24.8 Å². The van der Waals surface area contributed by atoms with Gasteiger partial charge in [0.15, 0.2) is 0 Å². The van der Waals surface area contributed by atoms with E-state index in [0.29, 0.717) is 11.1 Å². The van der Waals surface area contributed by atoms with E-state index in [1.165, 1.54) is 7.11 Å². The molecule has 2 rings (SSSR count). The summed E-state index contributed by atoms with van der Waals surface area (Å²) >= 11 is 0. The number of hydrogen-bond acceptors (Lipinski definition) is 4. The average molecular weight is 307 g/mol. The predicted molar refractivity (Wildman–Crippen MR) is 86.5 cm³/mol. The van der Waals surface area contributed by atoms with E-state index in [1.807, 2.05) is 36.4 Å². The molecule has 0 aromatic heterocycles. The lowest BCUT2D eigenvalue weighted by Gasteiger charge is -2.24. The molecule has 116 valence electrons. The van der Waals surface area contributed by atoms with E-state index >= 15 is 0 Å². The molecule has 1 N–H and O–H groups in total. The first-order chi connectivity index (χ1) is 11.1. The minimum Gasteiger partial charge on any atom is -0.466 e. The molecular formula is C19H17NO3. The molecule has 23 heavy (non-hydrogen) atoms. The Balaban J connectivity index is 2.42. The van der Waals surface area contributed by atoms with Crippen molar-refractivity contribution in [2.75, 3.05) is 7.11 Å². The van der Waals surface area contributed by atoms with Gasteiger partial charge in [0.1, 0.15) is 0 Å². The minimum atomic E-state index is -0.975. The summed E-state index contributed by atoms with van der Waals surface area (Å²) in [7, 11) is 1.28. The Kier molecular flexibility index (Phi) is 5.29. The molecule has 4 heteroatoms.